The predicted molar refractivity (Wildman–Crippen MR) is 107 cm³/mol. The Morgan fingerprint density at radius 1 is 1.23 bits per heavy atom. The maximum atomic E-state index is 4.71. The number of hydrogen-bond acceptors (Lipinski definition) is 3. The zero-order valence-corrected chi connectivity index (χ0v) is 16.5. The highest BCUT2D eigenvalue weighted by Gasteiger charge is 2.08. The number of aliphatic imine (C=N–C) groups is 1. The average molecular weight is 357 g/mol. The van der Waals surface area contributed by atoms with Gasteiger partial charge in [-0.2, -0.15) is 0 Å². The number of hydrogen-bond donors (Lipinski definition) is 2. The molecule has 1 aromatic heterocycles. The minimum Gasteiger partial charge on any atom is -0.356 e. The lowest BCUT2D eigenvalue weighted by Gasteiger charge is -2.18. The molecule has 1 aromatic carbocycles. The van der Waals surface area contributed by atoms with E-state index in [4.69, 9.17) is 4.99 Å². The van der Waals surface area contributed by atoms with Crippen LogP contribution in [-0.4, -0.2) is 33.3 Å². The van der Waals surface area contributed by atoms with Gasteiger partial charge in [0.25, 0.3) is 0 Å². The van der Waals surface area contributed by atoms with Crippen molar-refractivity contribution in [2.24, 2.45) is 12.0 Å². The Morgan fingerprint density at radius 3 is 2.65 bits per heavy atom. The van der Waals surface area contributed by atoms with Crippen LogP contribution in [0.3, 0.4) is 0 Å². The van der Waals surface area contributed by atoms with Crippen LogP contribution in [0.1, 0.15) is 50.3 Å². The number of benzene rings is 1. The molecular formula is C20H32N6. The Bertz CT molecular complexity index is 677. The van der Waals surface area contributed by atoms with Gasteiger partial charge in [-0.15, -0.1) is 10.2 Å². The Balaban J connectivity index is 1.92. The van der Waals surface area contributed by atoms with Crippen molar-refractivity contribution in [2.45, 2.75) is 59.0 Å². The molecule has 1 heterocycles. The summed E-state index contributed by atoms with van der Waals surface area (Å²) in [4.78, 5) is 4.71. The summed E-state index contributed by atoms with van der Waals surface area (Å²) >= 11 is 0. The summed E-state index contributed by atoms with van der Waals surface area (Å²) in [7, 11) is 1.97. The summed E-state index contributed by atoms with van der Waals surface area (Å²) in [6.45, 7) is 7.78. The molecule has 1 atom stereocenters. The van der Waals surface area contributed by atoms with Gasteiger partial charge in [0, 0.05) is 19.6 Å². The molecule has 142 valence electrons. The second-order valence-corrected chi connectivity index (χ2v) is 6.74. The van der Waals surface area contributed by atoms with Crippen LogP contribution in [0, 0.1) is 6.92 Å². The van der Waals surface area contributed by atoms with Gasteiger partial charge in [-0.25, -0.2) is 4.99 Å². The molecule has 2 aromatic rings. The summed E-state index contributed by atoms with van der Waals surface area (Å²) in [5.41, 5.74) is 1.37. The van der Waals surface area contributed by atoms with Gasteiger partial charge < -0.3 is 15.2 Å². The molecule has 0 fully saturated rings. The van der Waals surface area contributed by atoms with Crippen molar-refractivity contribution in [2.75, 3.05) is 6.54 Å². The third kappa shape index (κ3) is 6.50. The van der Waals surface area contributed by atoms with Gasteiger partial charge in [-0.1, -0.05) is 43.7 Å². The fourth-order valence-corrected chi connectivity index (χ4v) is 2.61. The molecule has 0 aliphatic heterocycles. The SMILES string of the molecule is CCCCNC(=NCc1nnc(C)n1C)NC(C)CCc1ccccc1. The van der Waals surface area contributed by atoms with E-state index in [2.05, 4.69) is 65.0 Å². The van der Waals surface area contributed by atoms with Gasteiger partial charge in [-0.05, 0) is 38.7 Å². The summed E-state index contributed by atoms with van der Waals surface area (Å²) < 4.78 is 1.98. The van der Waals surface area contributed by atoms with Gasteiger partial charge in [0.15, 0.2) is 11.8 Å². The van der Waals surface area contributed by atoms with Crippen molar-refractivity contribution in [3.05, 3.63) is 47.5 Å². The Morgan fingerprint density at radius 2 is 2.00 bits per heavy atom. The van der Waals surface area contributed by atoms with Crippen molar-refractivity contribution in [3.63, 3.8) is 0 Å². The molecule has 6 nitrogen and oxygen atoms in total. The van der Waals surface area contributed by atoms with Crippen LogP contribution >= 0.6 is 0 Å². The summed E-state index contributed by atoms with van der Waals surface area (Å²) in [5, 5.41) is 15.2. The van der Waals surface area contributed by atoms with E-state index < -0.39 is 0 Å². The van der Waals surface area contributed by atoms with E-state index in [0.717, 1.165) is 49.8 Å². The van der Waals surface area contributed by atoms with Crippen LogP contribution in [-0.2, 0) is 20.0 Å². The molecule has 0 aliphatic rings. The first kappa shape index (κ1) is 19.9. The molecular weight excluding hydrogens is 324 g/mol. The molecule has 2 rings (SSSR count). The van der Waals surface area contributed by atoms with E-state index in [1.807, 2.05) is 18.5 Å². The van der Waals surface area contributed by atoms with Gasteiger partial charge in [0.2, 0.25) is 0 Å². The van der Waals surface area contributed by atoms with Crippen molar-refractivity contribution in [1.82, 2.24) is 25.4 Å². The molecule has 2 N–H and O–H groups in total. The van der Waals surface area contributed by atoms with E-state index in [9.17, 15) is 0 Å². The first-order chi connectivity index (χ1) is 12.6. The van der Waals surface area contributed by atoms with E-state index in [-0.39, 0.29) is 0 Å². The number of aryl methyl sites for hydroxylation is 2. The van der Waals surface area contributed by atoms with Crippen LogP contribution in [0.15, 0.2) is 35.3 Å². The molecule has 26 heavy (non-hydrogen) atoms. The molecule has 0 saturated heterocycles. The molecule has 0 radical (unpaired) electrons. The van der Waals surface area contributed by atoms with Gasteiger partial charge >= 0.3 is 0 Å². The lowest BCUT2D eigenvalue weighted by molar-refractivity contribution is 0.588. The maximum absolute atomic E-state index is 4.71. The van der Waals surface area contributed by atoms with Crippen LogP contribution in [0.5, 0.6) is 0 Å². The van der Waals surface area contributed by atoms with Crippen molar-refractivity contribution in [3.8, 4) is 0 Å². The Hall–Kier alpha value is -2.37. The summed E-state index contributed by atoms with van der Waals surface area (Å²) in [6.07, 6.45) is 4.40. The smallest absolute Gasteiger partial charge is 0.191 e. The van der Waals surface area contributed by atoms with Gasteiger partial charge in [0.05, 0.1) is 0 Å². The normalized spacial score (nSPS) is 12.8. The quantitative estimate of drug-likeness (QED) is 0.412. The minimum atomic E-state index is 0.337. The Kier molecular flexibility index (Phi) is 8.12. The average Bonchev–Trinajstić information content (AvgIpc) is 2.97. The van der Waals surface area contributed by atoms with E-state index >= 15 is 0 Å². The van der Waals surface area contributed by atoms with E-state index in [1.165, 1.54) is 5.56 Å². The zero-order chi connectivity index (χ0) is 18.8. The molecule has 6 heteroatoms. The lowest BCUT2D eigenvalue weighted by atomic mass is 10.1. The monoisotopic (exact) mass is 356 g/mol. The fourth-order valence-electron chi connectivity index (χ4n) is 2.61. The Labute approximate surface area is 157 Å². The molecule has 0 saturated carbocycles. The summed E-state index contributed by atoms with van der Waals surface area (Å²) in [6, 6.07) is 10.9. The van der Waals surface area contributed by atoms with Crippen LogP contribution in [0.2, 0.25) is 0 Å². The third-order valence-electron chi connectivity index (χ3n) is 4.48. The molecule has 0 amide bonds. The first-order valence-electron chi connectivity index (χ1n) is 9.53. The fraction of sp³-hybridized carbons (Fsp3) is 0.550. The van der Waals surface area contributed by atoms with E-state index in [1.54, 1.807) is 0 Å². The lowest BCUT2D eigenvalue weighted by Crippen LogP contribution is -2.42. The largest absolute Gasteiger partial charge is 0.356 e. The van der Waals surface area contributed by atoms with Crippen LogP contribution < -0.4 is 10.6 Å². The zero-order valence-electron chi connectivity index (χ0n) is 16.5. The minimum absolute atomic E-state index is 0.337. The standard InChI is InChI=1S/C20H32N6/c1-5-6-14-21-20(22-15-19-25-24-17(3)26(19)4)23-16(2)12-13-18-10-8-7-9-11-18/h7-11,16H,5-6,12-15H2,1-4H3,(H2,21,22,23). The second-order valence-electron chi connectivity index (χ2n) is 6.74. The van der Waals surface area contributed by atoms with Gasteiger partial charge in [-0.3, -0.25) is 0 Å². The van der Waals surface area contributed by atoms with Crippen LogP contribution in [0.4, 0.5) is 0 Å². The van der Waals surface area contributed by atoms with E-state index in [0.29, 0.717) is 12.6 Å². The highest BCUT2D eigenvalue weighted by molar-refractivity contribution is 5.80. The first-order valence-corrected chi connectivity index (χ1v) is 9.53. The van der Waals surface area contributed by atoms with Gasteiger partial charge in [0.1, 0.15) is 12.4 Å². The maximum Gasteiger partial charge on any atom is 0.191 e. The number of nitrogens with zero attached hydrogens (tertiary/aromatic N) is 4. The topological polar surface area (TPSA) is 67.1 Å². The number of rotatable bonds is 9. The number of nitrogens with one attached hydrogen (secondary N) is 2. The molecule has 0 aliphatic carbocycles. The third-order valence-corrected chi connectivity index (χ3v) is 4.48. The summed E-state index contributed by atoms with van der Waals surface area (Å²) in [5.74, 6) is 2.62. The van der Waals surface area contributed by atoms with Crippen molar-refractivity contribution < 1.29 is 0 Å². The molecule has 0 spiro atoms. The van der Waals surface area contributed by atoms with Crippen molar-refractivity contribution >= 4 is 5.96 Å². The number of unbranched alkanes of at least 4 members (excludes halogenated alkanes) is 1. The number of guanidine groups is 1. The molecule has 0 bridgehead atoms. The van der Waals surface area contributed by atoms with Crippen molar-refractivity contribution in [1.29, 1.82) is 0 Å². The second kappa shape index (κ2) is 10.6. The molecule has 1 unspecified atom stereocenters. The number of aromatic nitrogens is 3. The highest BCUT2D eigenvalue weighted by atomic mass is 15.3. The van der Waals surface area contributed by atoms with Crippen LogP contribution in [0.25, 0.3) is 0 Å². The predicted octanol–water partition coefficient (Wildman–Crippen LogP) is 2.98. The highest BCUT2D eigenvalue weighted by Crippen LogP contribution is 2.05.